The van der Waals surface area contributed by atoms with Gasteiger partial charge in [0.2, 0.25) is 0 Å². The number of carboxylic acids is 1. The maximum absolute atomic E-state index is 12.2. The van der Waals surface area contributed by atoms with E-state index >= 15 is 0 Å². The fourth-order valence-electron chi connectivity index (χ4n) is 2.75. The monoisotopic (exact) mass is 353 g/mol. The Morgan fingerprint density at radius 3 is 2.73 bits per heavy atom. The quantitative estimate of drug-likeness (QED) is 0.650. The number of nitrogens with one attached hydrogen (secondary N) is 2. The Balaban J connectivity index is 2.08. The molecule has 0 saturated carbocycles. The number of carbonyl (C=O) groups excluding carboxylic acids is 1. The number of rotatable bonds is 5. The molecule has 3 N–H and O–H groups in total. The first kappa shape index (κ1) is 17.4. The van der Waals surface area contributed by atoms with Crippen LogP contribution >= 0.6 is 0 Å². The molecule has 134 valence electrons. The number of fused-ring (bicyclic) bond motifs is 1. The van der Waals surface area contributed by atoms with Gasteiger partial charge in [0.25, 0.3) is 5.91 Å². The van der Waals surface area contributed by atoms with E-state index in [9.17, 15) is 14.7 Å². The standard InChI is InChI=1S/C18H19N5O3/c1-4-19-17(24)13-8-23-15(11(13)3)16(20-9-21-23)22-14-7-12(18(25)26)6-5-10(14)2/h5-9H,4H2,1-3H3,(H,19,24)(H,25,26)(H,20,21,22). The van der Waals surface area contributed by atoms with Gasteiger partial charge in [0, 0.05) is 18.4 Å². The van der Waals surface area contributed by atoms with Crippen LogP contribution in [0.4, 0.5) is 11.5 Å². The molecule has 2 heterocycles. The average Bonchev–Trinajstić information content (AvgIpc) is 2.95. The van der Waals surface area contributed by atoms with Crippen LogP contribution in [0.5, 0.6) is 0 Å². The average molecular weight is 353 g/mol. The third-order valence-electron chi connectivity index (χ3n) is 4.15. The van der Waals surface area contributed by atoms with Crippen molar-refractivity contribution in [3.05, 3.63) is 53.0 Å². The van der Waals surface area contributed by atoms with E-state index in [-0.39, 0.29) is 11.5 Å². The summed E-state index contributed by atoms with van der Waals surface area (Å²) in [4.78, 5) is 27.7. The molecule has 0 aliphatic heterocycles. The van der Waals surface area contributed by atoms with Crippen LogP contribution in [0.2, 0.25) is 0 Å². The number of aromatic carboxylic acids is 1. The molecule has 2 aromatic heterocycles. The predicted molar refractivity (Wildman–Crippen MR) is 97.2 cm³/mol. The highest BCUT2D eigenvalue weighted by molar-refractivity contribution is 5.99. The van der Waals surface area contributed by atoms with Crippen molar-refractivity contribution in [1.82, 2.24) is 19.9 Å². The molecule has 0 fully saturated rings. The Bertz CT molecular complexity index is 1010. The van der Waals surface area contributed by atoms with Crippen LogP contribution in [0.1, 0.15) is 38.8 Å². The van der Waals surface area contributed by atoms with Gasteiger partial charge in [0.05, 0.1) is 11.1 Å². The van der Waals surface area contributed by atoms with Crippen molar-refractivity contribution in [2.75, 3.05) is 11.9 Å². The Morgan fingerprint density at radius 1 is 1.27 bits per heavy atom. The number of hydrogen-bond acceptors (Lipinski definition) is 5. The molecule has 0 saturated heterocycles. The third-order valence-corrected chi connectivity index (χ3v) is 4.15. The molecule has 1 aromatic carbocycles. The number of carbonyl (C=O) groups is 2. The summed E-state index contributed by atoms with van der Waals surface area (Å²) in [5, 5.41) is 19.3. The fraction of sp³-hybridized carbons (Fsp3) is 0.222. The largest absolute Gasteiger partial charge is 0.478 e. The minimum absolute atomic E-state index is 0.175. The molecule has 0 unspecified atom stereocenters. The van der Waals surface area contributed by atoms with Crippen molar-refractivity contribution in [1.29, 1.82) is 0 Å². The molecule has 8 heteroatoms. The highest BCUT2D eigenvalue weighted by Crippen LogP contribution is 2.27. The summed E-state index contributed by atoms with van der Waals surface area (Å²) >= 11 is 0. The first-order valence-corrected chi connectivity index (χ1v) is 8.14. The molecule has 3 aromatic rings. The summed E-state index contributed by atoms with van der Waals surface area (Å²) < 4.78 is 1.59. The lowest BCUT2D eigenvalue weighted by Gasteiger charge is -2.11. The Labute approximate surface area is 149 Å². The zero-order valence-corrected chi connectivity index (χ0v) is 14.7. The SMILES string of the molecule is CCNC(=O)c1cn2ncnc(Nc3cc(C(=O)O)ccc3C)c2c1C. The van der Waals surface area contributed by atoms with Gasteiger partial charge < -0.3 is 15.7 Å². The topological polar surface area (TPSA) is 109 Å². The molecule has 8 nitrogen and oxygen atoms in total. The van der Waals surface area contributed by atoms with Gasteiger partial charge in [0.15, 0.2) is 5.82 Å². The van der Waals surface area contributed by atoms with E-state index in [0.717, 1.165) is 11.1 Å². The summed E-state index contributed by atoms with van der Waals surface area (Å²) in [5.41, 5.74) is 3.61. The minimum Gasteiger partial charge on any atom is -0.478 e. The second-order valence-corrected chi connectivity index (χ2v) is 5.89. The minimum atomic E-state index is -1.00. The van der Waals surface area contributed by atoms with Crippen molar-refractivity contribution in [2.45, 2.75) is 20.8 Å². The molecule has 0 aliphatic rings. The molecule has 3 rings (SSSR count). The van der Waals surface area contributed by atoms with Crippen molar-refractivity contribution in [2.24, 2.45) is 0 Å². The van der Waals surface area contributed by atoms with E-state index in [2.05, 4.69) is 20.7 Å². The van der Waals surface area contributed by atoms with Gasteiger partial charge in [-0.15, -0.1) is 0 Å². The Hall–Kier alpha value is -3.42. The predicted octanol–water partition coefficient (Wildman–Crippen LogP) is 2.54. The summed E-state index contributed by atoms with van der Waals surface area (Å²) in [7, 11) is 0. The maximum Gasteiger partial charge on any atom is 0.335 e. The second kappa shape index (κ2) is 6.83. The van der Waals surface area contributed by atoms with Crippen LogP contribution in [0, 0.1) is 13.8 Å². The lowest BCUT2D eigenvalue weighted by atomic mass is 10.1. The molecule has 0 radical (unpaired) electrons. The van der Waals surface area contributed by atoms with Crippen molar-refractivity contribution in [3.8, 4) is 0 Å². The molecule has 0 aliphatic carbocycles. The lowest BCUT2D eigenvalue weighted by molar-refractivity contribution is 0.0696. The normalized spacial score (nSPS) is 10.7. The summed E-state index contributed by atoms with van der Waals surface area (Å²) in [6, 6.07) is 4.84. The van der Waals surface area contributed by atoms with Crippen LogP contribution < -0.4 is 10.6 Å². The van der Waals surface area contributed by atoms with Crippen LogP contribution in [0.15, 0.2) is 30.7 Å². The number of carboxylic acid groups (broad SMARTS) is 1. The number of aromatic nitrogens is 3. The third kappa shape index (κ3) is 3.08. The fourth-order valence-corrected chi connectivity index (χ4v) is 2.75. The van der Waals surface area contributed by atoms with E-state index in [1.807, 2.05) is 20.8 Å². The number of aryl methyl sites for hydroxylation is 2. The molecular formula is C18H19N5O3. The molecular weight excluding hydrogens is 334 g/mol. The smallest absolute Gasteiger partial charge is 0.335 e. The number of amides is 1. The van der Waals surface area contributed by atoms with Gasteiger partial charge >= 0.3 is 5.97 Å². The van der Waals surface area contributed by atoms with E-state index in [1.54, 1.807) is 28.9 Å². The number of benzene rings is 1. The van der Waals surface area contributed by atoms with Gasteiger partial charge in [-0.1, -0.05) is 6.07 Å². The van der Waals surface area contributed by atoms with Crippen molar-refractivity contribution < 1.29 is 14.7 Å². The Kier molecular flexibility index (Phi) is 4.57. The summed E-state index contributed by atoms with van der Waals surface area (Å²) in [6.07, 6.45) is 3.04. The maximum atomic E-state index is 12.2. The van der Waals surface area contributed by atoms with Crippen LogP contribution in [-0.4, -0.2) is 38.1 Å². The van der Waals surface area contributed by atoms with Crippen LogP contribution in [-0.2, 0) is 0 Å². The lowest BCUT2D eigenvalue weighted by Crippen LogP contribution is -2.22. The van der Waals surface area contributed by atoms with E-state index in [1.165, 1.54) is 6.33 Å². The van der Waals surface area contributed by atoms with Gasteiger partial charge in [-0.3, -0.25) is 4.79 Å². The summed E-state index contributed by atoms with van der Waals surface area (Å²) in [5.74, 6) is -0.678. The highest BCUT2D eigenvalue weighted by atomic mass is 16.4. The summed E-state index contributed by atoms with van der Waals surface area (Å²) in [6.45, 7) is 6.09. The highest BCUT2D eigenvalue weighted by Gasteiger charge is 2.18. The van der Waals surface area contributed by atoms with Crippen LogP contribution in [0.25, 0.3) is 5.52 Å². The van der Waals surface area contributed by atoms with Gasteiger partial charge in [0.1, 0.15) is 11.8 Å². The molecule has 0 spiro atoms. The second-order valence-electron chi connectivity index (χ2n) is 5.89. The van der Waals surface area contributed by atoms with E-state index < -0.39 is 5.97 Å². The van der Waals surface area contributed by atoms with Gasteiger partial charge in [-0.05, 0) is 44.0 Å². The number of hydrogen-bond donors (Lipinski definition) is 3. The van der Waals surface area contributed by atoms with Crippen molar-refractivity contribution >= 4 is 28.9 Å². The first-order valence-electron chi connectivity index (χ1n) is 8.14. The molecule has 0 bridgehead atoms. The zero-order valence-electron chi connectivity index (χ0n) is 14.7. The number of nitrogens with zero attached hydrogens (tertiary/aromatic N) is 3. The zero-order chi connectivity index (χ0) is 18.8. The molecule has 1 amide bonds. The van der Waals surface area contributed by atoms with Crippen molar-refractivity contribution in [3.63, 3.8) is 0 Å². The van der Waals surface area contributed by atoms with Gasteiger partial charge in [-0.25, -0.2) is 14.3 Å². The van der Waals surface area contributed by atoms with Gasteiger partial charge in [-0.2, -0.15) is 5.10 Å². The van der Waals surface area contributed by atoms with E-state index in [4.69, 9.17) is 0 Å². The molecule has 26 heavy (non-hydrogen) atoms. The first-order chi connectivity index (χ1) is 12.4. The number of anilines is 2. The van der Waals surface area contributed by atoms with Crippen LogP contribution in [0.3, 0.4) is 0 Å². The van der Waals surface area contributed by atoms with E-state index in [0.29, 0.717) is 29.1 Å². The Morgan fingerprint density at radius 2 is 2.04 bits per heavy atom. The molecule has 0 atom stereocenters.